The molecule has 1 aliphatic carbocycles. The van der Waals surface area contributed by atoms with Crippen molar-refractivity contribution in [3.63, 3.8) is 0 Å². The normalized spacial score (nSPS) is 23.7. The van der Waals surface area contributed by atoms with Gasteiger partial charge in [0.15, 0.2) is 0 Å². The molecule has 1 N–H and O–H groups in total. The Balaban J connectivity index is 1.70. The molecule has 2 aliphatic rings. The number of hydrogen-bond donors (Lipinski definition) is 1. The van der Waals surface area contributed by atoms with Gasteiger partial charge in [0, 0.05) is 24.8 Å². The van der Waals surface area contributed by atoms with Gasteiger partial charge in [-0.05, 0) is 38.3 Å². The van der Waals surface area contributed by atoms with Crippen LogP contribution in [0.25, 0.3) is 0 Å². The number of aromatic nitrogens is 1. The summed E-state index contributed by atoms with van der Waals surface area (Å²) >= 11 is 0. The number of rotatable bonds is 4. The first-order valence-corrected chi connectivity index (χ1v) is 7.28. The summed E-state index contributed by atoms with van der Waals surface area (Å²) in [6, 6.07) is 5.53. The maximum absolute atomic E-state index is 5.48. The van der Waals surface area contributed by atoms with Crippen LogP contribution in [0.15, 0.2) is 12.1 Å². The van der Waals surface area contributed by atoms with Gasteiger partial charge in [-0.1, -0.05) is 6.07 Å². The average molecular weight is 261 g/mol. The SMILES string of the molecule is Cc1nc(N2CCOCC2C)ccc1CNC1CC1. The van der Waals surface area contributed by atoms with Gasteiger partial charge >= 0.3 is 0 Å². The lowest BCUT2D eigenvalue weighted by Gasteiger charge is -2.34. The number of ether oxygens (including phenoxy) is 1. The van der Waals surface area contributed by atoms with Gasteiger partial charge in [0.1, 0.15) is 5.82 Å². The van der Waals surface area contributed by atoms with Crippen LogP contribution in [-0.2, 0) is 11.3 Å². The zero-order valence-corrected chi connectivity index (χ0v) is 11.9. The quantitative estimate of drug-likeness (QED) is 0.898. The van der Waals surface area contributed by atoms with E-state index in [1.54, 1.807) is 0 Å². The monoisotopic (exact) mass is 261 g/mol. The third-order valence-electron chi connectivity index (χ3n) is 4.00. The van der Waals surface area contributed by atoms with Crippen molar-refractivity contribution >= 4 is 5.82 Å². The average Bonchev–Trinajstić information content (AvgIpc) is 3.22. The molecule has 19 heavy (non-hydrogen) atoms. The summed E-state index contributed by atoms with van der Waals surface area (Å²) in [6.45, 7) is 7.79. The topological polar surface area (TPSA) is 37.4 Å². The van der Waals surface area contributed by atoms with E-state index in [4.69, 9.17) is 9.72 Å². The second-order valence-corrected chi connectivity index (χ2v) is 5.69. The van der Waals surface area contributed by atoms with Crippen molar-refractivity contribution in [2.75, 3.05) is 24.7 Å². The van der Waals surface area contributed by atoms with E-state index in [2.05, 4.69) is 36.2 Å². The second-order valence-electron chi connectivity index (χ2n) is 5.69. The van der Waals surface area contributed by atoms with Crippen LogP contribution in [0.1, 0.15) is 31.0 Å². The Morgan fingerprint density at radius 1 is 1.42 bits per heavy atom. The molecule has 0 radical (unpaired) electrons. The molecule has 1 aromatic heterocycles. The first-order chi connectivity index (χ1) is 9.24. The van der Waals surface area contributed by atoms with Gasteiger partial charge in [-0.2, -0.15) is 0 Å². The molecule has 1 saturated carbocycles. The van der Waals surface area contributed by atoms with Gasteiger partial charge in [0.05, 0.1) is 19.3 Å². The molecule has 1 atom stereocenters. The number of anilines is 1. The summed E-state index contributed by atoms with van der Waals surface area (Å²) in [5, 5.41) is 3.55. The van der Waals surface area contributed by atoms with Crippen LogP contribution >= 0.6 is 0 Å². The molecule has 4 heteroatoms. The second kappa shape index (κ2) is 5.47. The van der Waals surface area contributed by atoms with Crippen molar-refractivity contribution in [3.8, 4) is 0 Å². The van der Waals surface area contributed by atoms with Gasteiger partial charge in [-0.15, -0.1) is 0 Å². The van der Waals surface area contributed by atoms with Gasteiger partial charge in [0.25, 0.3) is 0 Å². The van der Waals surface area contributed by atoms with Gasteiger partial charge in [0.2, 0.25) is 0 Å². The molecule has 0 spiro atoms. The Morgan fingerprint density at radius 3 is 2.95 bits per heavy atom. The summed E-state index contributed by atoms with van der Waals surface area (Å²) in [5.41, 5.74) is 2.46. The number of pyridine rings is 1. The van der Waals surface area contributed by atoms with E-state index in [-0.39, 0.29) is 0 Å². The Labute approximate surface area is 115 Å². The highest BCUT2D eigenvalue weighted by molar-refractivity contribution is 5.43. The van der Waals surface area contributed by atoms with Crippen molar-refractivity contribution in [2.45, 2.75) is 45.3 Å². The number of morpholine rings is 1. The Hall–Kier alpha value is -1.13. The number of hydrogen-bond acceptors (Lipinski definition) is 4. The number of nitrogens with one attached hydrogen (secondary N) is 1. The van der Waals surface area contributed by atoms with Crippen molar-refractivity contribution in [3.05, 3.63) is 23.4 Å². The lowest BCUT2D eigenvalue weighted by molar-refractivity contribution is 0.0985. The molecule has 1 saturated heterocycles. The Kier molecular flexibility index (Phi) is 3.71. The fourth-order valence-corrected chi connectivity index (χ4v) is 2.53. The zero-order valence-electron chi connectivity index (χ0n) is 11.9. The molecule has 1 aliphatic heterocycles. The molecule has 0 amide bonds. The largest absolute Gasteiger partial charge is 0.377 e. The van der Waals surface area contributed by atoms with E-state index in [0.717, 1.165) is 43.9 Å². The predicted octanol–water partition coefficient (Wildman–Crippen LogP) is 1.87. The van der Waals surface area contributed by atoms with Crippen LogP contribution in [0.5, 0.6) is 0 Å². The highest BCUT2D eigenvalue weighted by atomic mass is 16.5. The Bertz CT molecular complexity index is 445. The smallest absolute Gasteiger partial charge is 0.129 e. The van der Waals surface area contributed by atoms with Crippen LogP contribution in [0, 0.1) is 6.92 Å². The lowest BCUT2D eigenvalue weighted by Crippen LogP contribution is -2.44. The zero-order chi connectivity index (χ0) is 13.2. The molecule has 2 fully saturated rings. The molecule has 1 unspecified atom stereocenters. The van der Waals surface area contributed by atoms with Crippen molar-refractivity contribution in [2.24, 2.45) is 0 Å². The standard InChI is InChI=1S/C15H23N3O/c1-11-10-19-8-7-18(11)15-6-3-13(12(2)17-15)9-16-14-4-5-14/h3,6,11,14,16H,4-5,7-10H2,1-2H3. The van der Waals surface area contributed by atoms with Gasteiger partial charge in [-0.25, -0.2) is 4.98 Å². The van der Waals surface area contributed by atoms with E-state index in [0.29, 0.717) is 6.04 Å². The molecule has 0 aromatic carbocycles. The lowest BCUT2D eigenvalue weighted by atomic mass is 10.2. The summed E-state index contributed by atoms with van der Waals surface area (Å²) in [4.78, 5) is 7.12. The summed E-state index contributed by atoms with van der Waals surface area (Å²) in [7, 11) is 0. The van der Waals surface area contributed by atoms with Crippen molar-refractivity contribution in [1.82, 2.24) is 10.3 Å². The molecule has 4 nitrogen and oxygen atoms in total. The predicted molar refractivity (Wildman–Crippen MR) is 76.5 cm³/mol. The highest BCUT2D eigenvalue weighted by Crippen LogP contribution is 2.22. The van der Waals surface area contributed by atoms with E-state index in [1.807, 2.05) is 0 Å². The van der Waals surface area contributed by atoms with E-state index < -0.39 is 0 Å². The van der Waals surface area contributed by atoms with E-state index in [1.165, 1.54) is 18.4 Å². The molecular weight excluding hydrogens is 238 g/mol. The summed E-state index contributed by atoms with van der Waals surface area (Å²) < 4.78 is 5.48. The molecule has 3 rings (SSSR count). The highest BCUT2D eigenvalue weighted by Gasteiger charge is 2.22. The maximum Gasteiger partial charge on any atom is 0.129 e. The summed E-state index contributed by atoms with van der Waals surface area (Å²) in [5.74, 6) is 1.09. The molecule has 2 heterocycles. The minimum atomic E-state index is 0.413. The van der Waals surface area contributed by atoms with Crippen molar-refractivity contribution in [1.29, 1.82) is 0 Å². The molecular formula is C15H23N3O. The van der Waals surface area contributed by atoms with Crippen LogP contribution in [0.4, 0.5) is 5.82 Å². The first-order valence-electron chi connectivity index (χ1n) is 7.28. The number of nitrogens with zero attached hydrogens (tertiary/aromatic N) is 2. The van der Waals surface area contributed by atoms with Gasteiger partial charge in [-0.3, -0.25) is 0 Å². The fraction of sp³-hybridized carbons (Fsp3) is 0.667. The maximum atomic E-state index is 5.48. The van der Waals surface area contributed by atoms with Crippen molar-refractivity contribution < 1.29 is 4.74 Å². The van der Waals surface area contributed by atoms with Crippen LogP contribution in [0.3, 0.4) is 0 Å². The van der Waals surface area contributed by atoms with Crippen LogP contribution < -0.4 is 10.2 Å². The number of aryl methyl sites for hydroxylation is 1. The minimum Gasteiger partial charge on any atom is -0.377 e. The van der Waals surface area contributed by atoms with Crippen LogP contribution in [0.2, 0.25) is 0 Å². The minimum absolute atomic E-state index is 0.413. The molecule has 0 bridgehead atoms. The Morgan fingerprint density at radius 2 is 2.26 bits per heavy atom. The first kappa shape index (κ1) is 12.9. The molecule has 104 valence electrons. The van der Waals surface area contributed by atoms with Gasteiger partial charge < -0.3 is 15.0 Å². The summed E-state index contributed by atoms with van der Waals surface area (Å²) in [6.07, 6.45) is 2.66. The third-order valence-corrected chi connectivity index (χ3v) is 4.00. The molecule has 1 aromatic rings. The van der Waals surface area contributed by atoms with E-state index >= 15 is 0 Å². The van der Waals surface area contributed by atoms with Crippen LogP contribution in [-0.4, -0.2) is 36.8 Å². The fourth-order valence-electron chi connectivity index (χ4n) is 2.53. The van der Waals surface area contributed by atoms with E-state index in [9.17, 15) is 0 Å². The third kappa shape index (κ3) is 3.07.